The van der Waals surface area contributed by atoms with Gasteiger partial charge in [0.05, 0.1) is 5.69 Å². The van der Waals surface area contributed by atoms with Crippen molar-refractivity contribution in [2.45, 2.75) is 18.9 Å². The molecule has 3 heterocycles. The first kappa shape index (κ1) is 15.0. The Kier molecular flexibility index (Phi) is 3.65. The first-order valence-electron chi connectivity index (χ1n) is 8.25. The Morgan fingerprint density at radius 3 is 2.79 bits per heavy atom. The molecular formula is C17H20N4O3. The van der Waals surface area contributed by atoms with Crippen molar-refractivity contribution in [3.8, 4) is 0 Å². The van der Waals surface area contributed by atoms with Crippen LogP contribution >= 0.6 is 0 Å². The fourth-order valence-electron chi connectivity index (χ4n) is 3.68. The number of hydrogen-bond acceptors (Lipinski definition) is 3. The highest BCUT2D eigenvalue weighted by Gasteiger charge is 2.28. The third-order valence-electron chi connectivity index (χ3n) is 5.03. The molecule has 2 aromatic heterocycles. The highest BCUT2D eigenvalue weighted by molar-refractivity contribution is 5.66. The van der Waals surface area contributed by atoms with Gasteiger partial charge in [-0.2, -0.15) is 0 Å². The Labute approximate surface area is 138 Å². The Morgan fingerprint density at radius 2 is 2.04 bits per heavy atom. The van der Waals surface area contributed by atoms with Crippen LogP contribution in [-0.2, 0) is 0 Å². The number of nitrogens with zero attached hydrogens (tertiary/aromatic N) is 3. The van der Waals surface area contributed by atoms with Crippen LogP contribution in [0.4, 0.5) is 4.79 Å². The lowest BCUT2D eigenvalue weighted by Crippen LogP contribution is -2.50. The lowest BCUT2D eigenvalue weighted by Gasteiger charge is -2.36. The molecule has 0 radical (unpaired) electrons. The number of nitrogens with one attached hydrogen (secondary N) is 1. The van der Waals surface area contributed by atoms with Gasteiger partial charge in [0.15, 0.2) is 0 Å². The third kappa shape index (κ3) is 2.60. The predicted octanol–water partition coefficient (Wildman–Crippen LogP) is 1.47. The van der Waals surface area contributed by atoms with Crippen LogP contribution in [0.2, 0.25) is 0 Å². The Morgan fingerprint density at radius 1 is 1.25 bits per heavy atom. The van der Waals surface area contributed by atoms with Gasteiger partial charge in [-0.3, -0.25) is 9.69 Å². The molecule has 126 valence electrons. The standard InChI is InChI=1S/C17H20N4O3/c22-16-15-2-1-5-21(15)11-14(18-16)12-3-4-13(10-12)19-6-8-20(9-7-19)17(23)24/h1-2,5,10-11,13H,3-4,6-9H2,(H,18,22)(H,23,24)/t13-/m1/s1. The summed E-state index contributed by atoms with van der Waals surface area (Å²) in [5.41, 5.74) is 2.61. The number of H-pyrrole nitrogens is 1. The molecule has 2 aromatic rings. The molecule has 1 aliphatic carbocycles. The lowest BCUT2D eigenvalue weighted by atomic mass is 10.2. The van der Waals surface area contributed by atoms with Crippen molar-refractivity contribution in [2.75, 3.05) is 26.2 Å². The molecule has 1 saturated heterocycles. The van der Waals surface area contributed by atoms with E-state index in [9.17, 15) is 9.59 Å². The van der Waals surface area contributed by atoms with Gasteiger partial charge in [-0.15, -0.1) is 0 Å². The van der Waals surface area contributed by atoms with Crippen molar-refractivity contribution in [1.82, 2.24) is 19.2 Å². The minimum absolute atomic E-state index is 0.0723. The molecule has 7 nitrogen and oxygen atoms in total. The van der Waals surface area contributed by atoms with E-state index in [1.54, 1.807) is 6.07 Å². The highest BCUT2D eigenvalue weighted by atomic mass is 16.4. The summed E-state index contributed by atoms with van der Waals surface area (Å²) in [5.74, 6) is 0. The number of aromatic nitrogens is 2. The monoisotopic (exact) mass is 328 g/mol. The van der Waals surface area contributed by atoms with Crippen molar-refractivity contribution in [2.24, 2.45) is 0 Å². The quantitative estimate of drug-likeness (QED) is 0.875. The van der Waals surface area contributed by atoms with Crippen molar-refractivity contribution < 1.29 is 9.90 Å². The van der Waals surface area contributed by atoms with Gasteiger partial charge < -0.3 is 19.4 Å². The zero-order valence-corrected chi connectivity index (χ0v) is 13.3. The summed E-state index contributed by atoms with van der Waals surface area (Å²) in [7, 11) is 0. The van der Waals surface area contributed by atoms with Gasteiger partial charge in [0.2, 0.25) is 0 Å². The molecule has 0 aromatic carbocycles. The smallest absolute Gasteiger partial charge is 0.407 e. The van der Waals surface area contributed by atoms with Crippen LogP contribution < -0.4 is 5.56 Å². The van der Waals surface area contributed by atoms with E-state index in [-0.39, 0.29) is 5.56 Å². The average molecular weight is 328 g/mol. The molecule has 0 saturated carbocycles. The van der Waals surface area contributed by atoms with Crippen LogP contribution in [0.25, 0.3) is 11.1 Å². The summed E-state index contributed by atoms with van der Waals surface area (Å²) in [6.45, 7) is 2.63. The first-order valence-corrected chi connectivity index (χ1v) is 8.25. The second kappa shape index (κ2) is 5.83. The van der Waals surface area contributed by atoms with Crippen LogP contribution in [0.15, 0.2) is 35.4 Å². The van der Waals surface area contributed by atoms with Crippen molar-refractivity contribution in [3.05, 3.63) is 46.7 Å². The first-order chi connectivity index (χ1) is 11.6. The van der Waals surface area contributed by atoms with Crippen molar-refractivity contribution in [1.29, 1.82) is 0 Å². The molecule has 2 aliphatic rings. The summed E-state index contributed by atoms with van der Waals surface area (Å²) >= 11 is 0. The zero-order valence-electron chi connectivity index (χ0n) is 13.3. The normalized spacial score (nSPS) is 22.1. The van der Waals surface area contributed by atoms with Gasteiger partial charge >= 0.3 is 6.09 Å². The van der Waals surface area contributed by atoms with E-state index in [4.69, 9.17) is 5.11 Å². The maximum absolute atomic E-state index is 12.1. The Bertz CT molecular complexity index is 858. The number of amides is 1. The van der Waals surface area contributed by atoms with Crippen LogP contribution in [0.5, 0.6) is 0 Å². The number of fused-ring (bicyclic) bond motifs is 1. The van der Waals surface area contributed by atoms with Crippen LogP contribution in [0.3, 0.4) is 0 Å². The van der Waals surface area contributed by atoms with Gasteiger partial charge in [-0.25, -0.2) is 4.79 Å². The molecule has 2 N–H and O–H groups in total. The number of aromatic amines is 1. The van der Waals surface area contributed by atoms with Gasteiger partial charge in [0.1, 0.15) is 5.52 Å². The van der Waals surface area contributed by atoms with Crippen molar-refractivity contribution >= 4 is 17.2 Å². The fourth-order valence-corrected chi connectivity index (χ4v) is 3.68. The number of carbonyl (C=O) groups is 1. The largest absolute Gasteiger partial charge is 0.465 e. The average Bonchev–Trinajstić information content (AvgIpc) is 3.24. The van der Waals surface area contributed by atoms with E-state index in [1.807, 2.05) is 22.9 Å². The van der Waals surface area contributed by atoms with Crippen LogP contribution in [0, 0.1) is 0 Å². The fraction of sp³-hybridized carbons (Fsp3) is 0.412. The van der Waals surface area contributed by atoms with Gasteiger partial charge in [0.25, 0.3) is 5.56 Å². The molecule has 1 atom stereocenters. The summed E-state index contributed by atoms with van der Waals surface area (Å²) in [5, 5.41) is 9.03. The second-order valence-electron chi connectivity index (χ2n) is 6.40. The predicted molar refractivity (Wildman–Crippen MR) is 90.2 cm³/mol. The summed E-state index contributed by atoms with van der Waals surface area (Å²) < 4.78 is 1.86. The van der Waals surface area contributed by atoms with E-state index < -0.39 is 6.09 Å². The summed E-state index contributed by atoms with van der Waals surface area (Å²) in [4.78, 5) is 29.9. The van der Waals surface area contributed by atoms with E-state index in [0.29, 0.717) is 24.6 Å². The van der Waals surface area contributed by atoms with Gasteiger partial charge in [-0.05, 0) is 30.5 Å². The van der Waals surface area contributed by atoms with Crippen molar-refractivity contribution in [3.63, 3.8) is 0 Å². The molecule has 1 aliphatic heterocycles. The number of carboxylic acid groups (broad SMARTS) is 1. The minimum atomic E-state index is -0.838. The Hall–Kier alpha value is -2.54. The molecular weight excluding hydrogens is 308 g/mol. The van der Waals surface area contributed by atoms with Gasteiger partial charge in [-0.1, -0.05) is 6.08 Å². The van der Waals surface area contributed by atoms with Crippen LogP contribution in [0.1, 0.15) is 18.5 Å². The maximum Gasteiger partial charge on any atom is 0.407 e. The molecule has 0 spiro atoms. The minimum Gasteiger partial charge on any atom is -0.465 e. The molecule has 0 bridgehead atoms. The molecule has 24 heavy (non-hydrogen) atoms. The highest BCUT2D eigenvalue weighted by Crippen LogP contribution is 2.29. The molecule has 4 rings (SSSR count). The molecule has 0 unspecified atom stereocenters. The second-order valence-corrected chi connectivity index (χ2v) is 6.40. The zero-order chi connectivity index (χ0) is 16.7. The topological polar surface area (TPSA) is 81.0 Å². The molecule has 1 amide bonds. The van der Waals surface area contributed by atoms with E-state index in [0.717, 1.165) is 37.2 Å². The number of piperazine rings is 1. The Balaban J connectivity index is 1.52. The summed E-state index contributed by atoms with van der Waals surface area (Å²) in [6.07, 6.45) is 7.16. The third-order valence-corrected chi connectivity index (χ3v) is 5.03. The summed E-state index contributed by atoms with van der Waals surface area (Å²) in [6, 6.07) is 3.98. The van der Waals surface area contributed by atoms with E-state index >= 15 is 0 Å². The van der Waals surface area contributed by atoms with E-state index in [2.05, 4.69) is 16.0 Å². The SMILES string of the molecule is O=C(O)N1CCN([C@H]2C=C(c3cn4cccc4c(=O)[nH]3)CC2)CC1. The lowest BCUT2D eigenvalue weighted by molar-refractivity contribution is 0.0944. The molecule has 7 heteroatoms. The van der Waals surface area contributed by atoms with Crippen LogP contribution in [-0.4, -0.2) is 62.6 Å². The number of hydrogen-bond donors (Lipinski definition) is 2. The van der Waals surface area contributed by atoms with E-state index in [1.165, 1.54) is 4.90 Å². The number of allylic oxidation sites excluding steroid dienone is 1. The van der Waals surface area contributed by atoms with Gasteiger partial charge in [0, 0.05) is 44.6 Å². The molecule has 1 fully saturated rings. The number of rotatable bonds is 2. The maximum atomic E-state index is 12.1.